The molecule has 2 unspecified atom stereocenters. The number of benzene rings is 1. The van der Waals surface area contributed by atoms with E-state index in [1.165, 1.54) is 16.7 Å². The van der Waals surface area contributed by atoms with Crippen molar-refractivity contribution in [1.82, 2.24) is 9.80 Å². The molecule has 3 heterocycles. The molecular formula is C21H26N2O4S2. The number of carbonyl (C=O) groups excluding carboxylic acids is 2. The Morgan fingerprint density at radius 1 is 1.31 bits per heavy atom. The SMILES string of the molecule is CC[C@H](O)[C@@H]1C(=O)N2C(C(=O)S)=C(C3CCN(CC(O)c4ccccc4)C3)S[C@H]12. The Kier molecular flexibility index (Phi) is 6.09. The molecule has 0 aliphatic carbocycles. The number of thiol groups is 1. The van der Waals surface area contributed by atoms with E-state index in [1.807, 2.05) is 37.3 Å². The zero-order valence-corrected chi connectivity index (χ0v) is 18.0. The van der Waals surface area contributed by atoms with Crippen molar-refractivity contribution in [2.24, 2.45) is 11.8 Å². The molecule has 3 aliphatic rings. The summed E-state index contributed by atoms with van der Waals surface area (Å²) in [6.07, 6.45) is 0.129. The fourth-order valence-corrected chi connectivity index (χ4v) is 6.51. The Balaban J connectivity index is 1.46. The van der Waals surface area contributed by atoms with Gasteiger partial charge in [0.2, 0.25) is 11.0 Å². The van der Waals surface area contributed by atoms with Gasteiger partial charge < -0.3 is 10.2 Å². The number of hydrogen-bond acceptors (Lipinski definition) is 6. The van der Waals surface area contributed by atoms with Gasteiger partial charge in [-0.3, -0.25) is 19.4 Å². The second-order valence-corrected chi connectivity index (χ2v) is 9.47. The molecule has 5 atom stereocenters. The van der Waals surface area contributed by atoms with Crippen molar-refractivity contribution in [2.45, 2.75) is 37.3 Å². The van der Waals surface area contributed by atoms with Crippen molar-refractivity contribution in [2.75, 3.05) is 19.6 Å². The third-order valence-electron chi connectivity index (χ3n) is 6.10. The quantitative estimate of drug-likeness (QED) is 0.450. The van der Waals surface area contributed by atoms with E-state index < -0.39 is 23.2 Å². The van der Waals surface area contributed by atoms with Crippen molar-refractivity contribution in [3.8, 4) is 0 Å². The van der Waals surface area contributed by atoms with Gasteiger partial charge >= 0.3 is 0 Å². The van der Waals surface area contributed by atoms with Crippen LogP contribution in [0.5, 0.6) is 0 Å². The predicted octanol–water partition coefficient (Wildman–Crippen LogP) is 2.01. The minimum atomic E-state index is -0.687. The largest absolute Gasteiger partial charge is 0.392 e. The van der Waals surface area contributed by atoms with Crippen LogP contribution in [0.25, 0.3) is 0 Å². The van der Waals surface area contributed by atoms with Gasteiger partial charge in [-0.25, -0.2) is 0 Å². The van der Waals surface area contributed by atoms with E-state index in [1.54, 1.807) is 0 Å². The molecule has 3 aliphatic heterocycles. The van der Waals surface area contributed by atoms with Crippen LogP contribution >= 0.6 is 24.4 Å². The van der Waals surface area contributed by atoms with E-state index in [2.05, 4.69) is 17.5 Å². The summed E-state index contributed by atoms with van der Waals surface area (Å²) in [5, 5.41) is 20.1. The highest BCUT2D eigenvalue weighted by atomic mass is 32.2. The number of nitrogens with zero attached hydrogens (tertiary/aromatic N) is 2. The molecule has 0 aromatic heterocycles. The third-order valence-corrected chi connectivity index (χ3v) is 7.84. The first-order valence-electron chi connectivity index (χ1n) is 10.0. The zero-order chi connectivity index (χ0) is 20.7. The lowest BCUT2D eigenvalue weighted by atomic mass is 9.89. The molecule has 4 rings (SSSR count). The molecule has 1 aromatic rings. The van der Waals surface area contributed by atoms with Crippen LogP contribution in [0.1, 0.15) is 31.4 Å². The average Bonchev–Trinajstić information content (AvgIpc) is 3.31. The number of thioether (sulfide) groups is 1. The number of rotatable bonds is 7. The monoisotopic (exact) mass is 434 g/mol. The smallest absolute Gasteiger partial charge is 0.236 e. The molecule has 2 fully saturated rings. The van der Waals surface area contributed by atoms with Crippen LogP contribution in [-0.2, 0) is 9.59 Å². The maximum atomic E-state index is 12.6. The van der Waals surface area contributed by atoms with E-state index >= 15 is 0 Å². The molecule has 0 radical (unpaired) electrons. The summed E-state index contributed by atoms with van der Waals surface area (Å²) in [4.78, 5) is 29.4. The van der Waals surface area contributed by atoms with Crippen LogP contribution in [0.15, 0.2) is 40.9 Å². The van der Waals surface area contributed by atoms with E-state index in [4.69, 9.17) is 0 Å². The molecule has 0 saturated carbocycles. The summed E-state index contributed by atoms with van der Waals surface area (Å²) >= 11 is 5.56. The summed E-state index contributed by atoms with van der Waals surface area (Å²) < 4.78 is 0. The molecule has 2 saturated heterocycles. The maximum absolute atomic E-state index is 12.6. The fraction of sp³-hybridized carbons (Fsp3) is 0.524. The predicted molar refractivity (Wildman–Crippen MR) is 115 cm³/mol. The first-order chi connectivity index (χ1) is 13.9. The number of aliphatic hydroxyl groups is 2. The van der Waals surface area contributed by atoms with Gasteiger partial charge in [-0.2, -0.15) is 0 Å². The lowest BCUT2D eigenvalue weighted by Crippen LogP contribution is -2.61. The number of amides is 1. The fourth-order valence-electron chi connectivity index (χ4n) is 4.50. The molecule has 156 valence electrons. The first kappa shape index (κ1) is 20.9. The Morgan fingerprint density at radius 2 is 2.03 bits per heavy atom. The topological polar surface area (TPSA) is 81.1 Å². The van der Waals surface area contributed by atoms with Gasteiger partial charge in [-0.1, -0.05) is 49.9 Å². The summed E-state index contributed by atoms with van der Waals surface area (Å²) in [6.45, 7) is 3.94. The Bertz CT molecular complexity index is 831. The van der Waals surface area contributed by atoms with Gasteiger partial charge in [0, 0.05) is 23.9 Å². The number of carbonyl (C=O) groups is 2. The molecule has 1 aromatic carbocycles. The minimum absolute atomic E-state index is 0.131. The Morgan fingerprint density at radius 3 is 2.69 bits per heavy atom. The molecule has 0 spiro atoms. The molecule has 0 bridgehead atoms. The number of likely N-dealkylation sites (tertiary alicyclic amines) is 1. The minimum Gasteiger partial charge on any atom is -0.392 e. The van der Waals surface area contributed by atoms with Gasteiger partial charge in [0.1, 0.15) is 11.1 Å². The van der Waals surface area contributed by atoms with Crippen molar-refractivity contribution >= 4 is 35.4 Å². The van der Waals surface area contributed by atoms with Crippen LogP contribution in [0.4, 0.5) is 0 Å². The van der Waals surface area contributed by atoms with Crippen LogP contribution in [0.3, 0.4) is 0 Å². The van der Waals surface area contributed by atoms with E-state index in [0.717, 1.165) is 30.0 Å². The van der Waals surface area contributed by atoms with Crippen molar-refractivity contribution in [1.29, 1.82) is 0 Å². The lowest BCUT2D eigenvalue weighted by molar-refractivity contribution is -0.154. The summed E-state index contributed by atoms with van der Waals surface area (Å²) in [5.74, 6) is -0.506. The molecule has 2 N–H and O–H groups in total. The van der Waals surface area contributed by atoms with Gasteiger partial charge in [0.25, 0.3) is 0 Å². The normalized spacial score (nSPS) is 29.0. The van der Waals surface area contributed by atoms with Crippen LogP contribution in [0.2, 0.25) is 0 Å². The third kappa shape index (κ3) is 3.77. The van der Waals surface area contributed by atoms with Gasteiger partial charge in [-0.05, 0) is 24.9 Å². The van der Waals surface area contributed by atoms with E-state index in [9.17, 15) is 19.8 Å². The van der Waals surface area contributed by atoms with Crippen LogP contribution in [0, 0.1) is 11.8 Å². The number of fused-ring (bicyclic) bond motifs is 1. The van der Waals surface area contributed by atoms with Gasteiger partial charge in [0.15, 0.2) is 0 Å². The second-order valence-electron chi connectivity index (χ2n) is 7.91. The van der Waals surface area contributed by atoms with Crippen molar-refractivity contribution in [3.63, 3.8) is 0 Å². The molecule has 8 heteroatoms. The highest BCUT2D eigenvalue weighted by Gasteiger charge is 2.58. The summed E-state index contributed by atoms with van der Waals surface area (Å²) in [7, 11) is 0. The van der Waals surface area contributed by atoms with E-state index in [0.29, 0.717) is 18.7 Å². The zero-order valence-electron chi connectivity index (χ0n) is 16.3. The first-order valence-corrected chi connectivity index (χ1v) is 11.4. The molecule has 1 amide bonds. The van der Waals surface area contributed by atoms with Crippen LogP contribution in [-0.4, -0.2) is 62.1 Å². The summed E-state index contributed by atoms with van der Waals surface area (Å²) in [5.41, 5.74) is 1.28. The maximum Gasteiger partial charge on any atom is 0.236 e. The average molecular weight is 435 g/mol. The molecule has 29 heavy (non-hydrogen) atoms. The molecule has 6 nitrogen and oxygen atoms in total. The van der Waals surface area contributed by atoms with E-state index in [-0.39, 0.29) is 17.2 Å². The highest BCUT2D eigenvalue weighted by Crippen LogP contribution is 2.54. The number of aliphatic hydroxyl groups excluding tert-OH is 2. The van der Waals surface area contributed by atoms with Gasteiger partial charge in [0.05, 0.1) is 18.1 Å². The van der Waals surface area contributed by atoms with Gasteiger partial charge in [-0.15, -0.1) is 11.8 Å². The summed E-state index contributed by atoms with van der Waals surface area (Å²) in [6, 6.07) is 9.59. The highest BCUT2D eigenvalue weighted by molar-refractivity contribution is 8.04. The number of hydrogen-bond donors (Lipinski definition) is 3. The lowest BCUT2D eigenvalue weighted by Gasteiger charge is -2.44. The Labute approximate surface area is 180 Å². The van der Waals surface area contributed by atoms with Crippen molar-refractivity contribution < 1.29 is 19.8 Å². The second kappa shape index (κ2) is 8.43. The standard InChI is InChI=1S/C21H26N2O4S2/c1-2-14(24)16-19(26)23-17(21(27)28)18(29-20(16)23)13-8-9-22(10-13)11-15(25)12-6-4-3-5-7-12/h3-7,13-16,20,24-25H,2,8-11H2,1H3,(H,27,28)/t13?,14-,15?,16+,20+/m0/s1. The number of β-lactam (4-membered cyclic amide) rings is 1. The van der Waals surface area contributed by atoms with Crippen molar-refractivity contribution in [3.05, 3.63) is 46.5 Å². The Hall–Kier alpha value is -1.32. The van der Waals surface area contributed by atoms with Crippen LogP contribution < -0.4 is 0 Å². The number of β-amino-alcohol motifs (C(OH)–C–C–N with tert-alkyl or cyclic N) is 1. The molecular weight excluding hydrogens is 408 g/mol.